The van der Waals surface area contributed by atoms with E-state index in [1.54, 1.807) is 23.9 Å². The van der Waals surface area contributed by atoms with E-state index in [-0.39, 0.29) is 23.0 Å². The highest BCUT2D eigenvalue weighted by Gasteiger charge is 2.16. The van der Waals surface area contributed by atoms with Gasteiger partial charge in [0.25, 0.3) is 5.69 Å². The number of carbonyl (C=O) groups is 1. The van der Waals surface area contributed by atoms with Crippen LogP contribution in [0.15, 0.2) is 29.3 Å². The first-order valence-electron chi connectivity index (χ1n) is 5.50. The van der Waals surface area contributed by atoms with Crippen LogP contribution in [-0.2, 0) is 4.79 Å². The molecule has 0 spiro atoms. The van der Waals surface area contributed by atoms with Gasteiger partial charge in [-0.2, -0.15) is 0 Å². The number of nitrogens with one attached hydrogen (secondary N) is 1. The third-order valence-electron chi connectivity index (χ3n) is 2.26. The average Bonchev–Trinajstić information content (AvgIpc) is 2.90. The van der Waals surface area contributed by atoms with Crippen LogP contribution in [0, 0.1) is 10.1 Å². The second-order valence-corrected chi connectivity index (χ2v) is 5.91. The van der Waals surface area contributed by atoms with Crippen LogP contribution in [0.25, 0.3) is 0 Å². The van der Waals surface area contributed by atoms with Gasteiger partial charge in [0.15, 0.2) is 0 Å². The Morgan fingerprint density at radius 1 is 1.53 bits per heavy atom. The Morgan fingerprint density at radius 2 is 2.32 bits per heavy atom. The largest absolute Gasteiger partial charge is 0.320 e. The lowest BCUT2D eigenvalue weighted by atomic mass is 10.2. The molecule has 1 aliphatic rings. The van der Waals surface area contributed by atoms with Crippen LogP contribution in [-0.4, -0.2) is 33.3 Å². The van der Waals surface area contributed by atoms with Gasteiger partial charge in [0.05, 0.1) is 17.2 Å². The summed E-state index contributed by atoms with van der Waals surface area (Å²) < 4.78 is 0.901. The molecule has 0 saturated carbocycles. The minimum atomic E-state index is -0.514. The van der Waals surface area contributed by atoms with Gasteiger partial charge in [-0.05, 0) is 6.07 Å². The molecule has 0 atom stereocenters. The van der Waals surface area contributed by atoms with E-state index in [0.29, 0.717) is 0 Å². The van der Waals surface area contributed by atoms with Gasteiger partial charge in [-0.25, -0.2) is 0 Å². The van der Waals surface area contributed by atoms with Gasteiger partial charge in [0.2, 0.25) is 5.91 Å². The lowest BCUT2D eigenvalue weighted by Crippen LogP contribution is -2.15. The number of carbonyl (C=O) groups excluding carboxylic acids is 1. The van der Waals surface area contributed by atoms with Crippen LogP contribution in [0.5, 0.6) is 0 Å². The molecule has 1 amide bonds. The maximum atomic E-state index is 11.7. The fourth-order valence-electron chi connectivity index (χ4n) is 1.45. The van der Waals surface area contributed by atoms with E-state index in [1.165, 1.54) is 23.9 Å². The number of benzene rings is 1. The fourth-order valence-corrected chi connectivity index (χ4v) is 3.26. The van der Waals surface area contributed by atoms with Crippen molar-refractivity contribution < 1.29 is 9.72 Å². The zero-order valence-corrected chi connectivity index (χ0v) is 11.5. The number of hydrogen-bond donors (Lipinski definition) is 1. The molecule has 1 aliphatic heterocycles. The highest BCUT2D eigenvalue weighted by molar-refractivity contribution is 8.39. The standard InChI is InChI=1S/C11H11N3O3S2/c15-10(7-19-11-12-5-6-18-11)13-8-3-1-2-4-9(8)14(16)17/h1-4H,5-7H2,(H,13,15). The van der Waals surface area contributed by atoms with Crippen LogP contribution in [0.3, 0.4) is 0 Å². The molecule has 19 heavy (non-hydrogen) atoms. The molecular formula is C11H11N3O3S2. The maximum absolute atomic E-state index is 11.7. The van der Waals surface area contributed by atoms with Gasteiger partial charge in [-0.1, -0.05) is 35.7 Å². The van der Waals surface area contributed by atoms with Gasteiger partial charge in [0, 0.05) is 11.8 Å². The van der Waals surface area contributed by atoms with E-state index >= 15 is 0 Å². The smallest absolute Gasteiger partial charge is 0.292 e. The Hall–Kier alpha value is -1.54. The SMILES string of the molecule is O=C(CSC1=NCCS1)Nc1ccccc1[N+](=O)[O-]. The van der Waals surface area contributed by atoms with Crippen molar-refractivity contribution in [3.8, 4) is 0 Å². The molecule has 1 aromatic carbocycles. The molecule has 8 heteroatoms. The molecule has 0 aromatic heterocycles. The number of para-hydroxylation sites is 2. The predicted molar refractivity (Wildman–Crippen MR) is 78.9 cm³/mol. The van der Waals surface area contributed by atoms with Crippen molar-refractivity contribution in [2.45, 2.75) is 0 Å². The van der Waals surface area contributed by atoms with Crippen molar-refractivity contribution in [1.29, 1.82) is 0 Å². The van der Waals surface area contributed by atoms with Crippen molar-refractivity contribution in [3.63, 3.8) is 0 Å². The van der Waals surface area contributed by atoms with Crippen molar-refractivity contribution in [2.24, 2.45) is 4.99 Å². The summed E-state index contributed by atoms with van der Waals surface area (Å²) >= 11 is 2.98. The van der Waals surface area contributed by atoms with Gasteiger partial charge < -0.3 is 5.32 Å². The summed E-state index contributed by atoms with van der Waals surface area (Å²) in [6, 6.07) is 6.08. The molecular weight excluding hydrogens is 286 g/mol. The molecule has 2 rings (SSSR count). The number of thioether (sulfide) groups is 2. The van der Waals surface area contributed by atoms with Gasteiger partial charge in [0.1, 0.15) is 10.1 Å². The highest BCUT2D eigenvalue weighted by atomic mass is 32.2. The molecule has 0 unspecified atom stereocenters. The van der Waals surface area contributed by atoms with E-state index in [0.717, 1.165) is 16.7 Å². The molecule has 0 aliphatic carbocycles. The average molecular weight is 297 g/mol. The molecule has 6 nitrogen and oxygen atoms in total. The number of nitrogens with zero attached hydrogens (tertiary/aromatic N) is 2. The Morgan fingerprint density at radius 3 is 3.00 bits per heavy atom. The van der Waals surface area contributed by atoms with Crippen LogP contribution in [0.4, 0.5) is 11.4 Å². The summed E-state index contributed by atoms with van der Waals surface area (Å²) in [6.45, 7) is 0.790. The number of rotatable bonds is 4. The summed E-state index contributed by atoms with van der Waals surface area (Å²) in [5.74, 6) is 0.890. The quantitative estimate of drug-likeness (QED) is 0.681. The second-order valence-electron chi connectivity index (χ2n) is 3.61. The zero-order chi connectivity index (χ0) is 13.7. The van der Waals surface area contributed by atoms with E-state index in [1.807, 2.05) is 0 Å². The lowest BCUT2D eigenvalue weighted by Gasteiger charge is -2.05. The predicted octanol–water partition coefficient (Wildman–Crippen LogP) is 2.37. The molecule has 1 aromatic rings. The number of nitro benzene ring substituents is 1. The molecule has 0 bridgehead atoms. The minimum absolute atomic E-state index is 0.103. The third kappa shape index (κ3) is 3.97. The summed E-state index contributed by atoms with van der Waals surface area (Å²) in [6.07, 6.45) is 0. The molecule has 1 heterocycles. The van der Waals surface area contributed by atoms with Gasteiger partial charge >= 0.3 is 0 Å². The second kappa shape index (κ2) is 6.58. The van der Waals surface area contributed by atoms with Crippen LogP contribution in [0.2, 0.25) is 0 Å². The Bertz CT molecular complexity index is 534. The number of aliphatic imine (C=N–C) groups is 1. The minimum Gasteiger partial charge on any atom is -0.320 e. The molecule has 0 fully saturated rings. The number of anilines is 1. The van der Waals surface area contributed by atoms with Crippen molar-refractivity contribution in [1.82, 2.24) is 0 Å². The first kappa shape index (κ1) is 13.9. The van der Waals surface area contributed by atoms with Crippen LogP contribution >= 0.6 is 23.5 Å². The lowest BCUT2D eigenvalue weighted by molar-refractivity contribution is -0.383. The molecule has 0 radical (unpaired) electrons. The fraction of sp³-hybridized carbons (Fsp3) is 0.273. The van der Waals surface area contributed by atoms with Crippen LogP contribution < -0.4 is 5.32 Å². The zero-order valence-electron chi connectivity index (χ0n) is 9.87. The first-order chi connectivity index (χ1) is 9.16. The topological polar surface area (TPSA) is 84.6 Å². The maximum Gasteiger partial charge on any atom is 0.292 e. The summed E-state index contributed by atoms with van der Waals surface area (Å²) in [4.78, 5) is 26.2. The Balaban J connectivity index is 1.93. The molecule has 1 N–H and O–H groups in total. The Kier molecular flexibility index (Phi) is 4.80. The normalized spacial score (nSPS) is 14.0. The monoisotopic (exact) mass is 297 g/mol. The molecule has 100 valence electrons. The third-order valence-corrected chi connectivity index (χ3v) is 4.51. The van der Waals surface area contributed by atoms with E-state index in [9.17, 15) is 14.9 Å². The van der Waals surface area contributed by atoms with Crippen molar-refractivity contribution in [3.05, 3.63) is 34.4 Å². The van der Waals surface area contributed by atoms with E-state index in [2.05, 4.69) is 10.3 Å². The number of hydrogen-bond acceptors (Lipinski definition) is 6. The van der Waals surface area contributed by atoms with Crippen molar-refractivity contribution in [2.75, 3.05) is 23.4 Å². The van der Waals surface area contributed by atoms with Crippen molar-refractivity contribution >= 4 is 45.2 Å². The van der Waals surface area contributed by atoms with E-state index in [4.69, 9.17) is 0 Å². The first-order valence-corrected chi connectivity index (χ1v) is 7.47. The van der Waals surface area contributed by atoms with Gasteiger partial charge in [-0.15, -0.1) is 0 Å². The summed E-state index contributed by atoms with van der Waals surface area (Å²) in [5, 5.41) is 13.3. The van der Waals surface area contributed by atoms with Gasteiger partial charge in [-0.3, -0.25) is 19.9 Å². The number of amides is 1. The number of nitro groups is 1. The summed E-state index contributed by atoms with van der Waals surface area (Å²) in [5.41, 5.74) is 0.118. The summed E-state index contributed by atoms with van der Waals surface area (Å²) in [7, 11) is 0. The highest BCUT2D eigenvalue weighted by Crippen LogP contribution is 2.25. The Labute approximate surface area is 118 Å². The molecule has 0 saturated heterocycles. The van der Waals surface area contributed by atoms with Crippen LogP contribution in [0.1, 0.15) is 0 Å². The van der Waals surface area contributed by atoms with E-state index < -0.39 is 4.92 Å².